The van der Waals surface area contributed by atoms with Crippen molar-refractivity contribution in [2.24, 2.45) is 5.92 Å². The number of ketones is 1. The highest BCUT2D eigenvalue weighted by atomic mass is 16.3. The molecule has 5 heteroatoms. The number of carbonyl (C=O) groups is 1. The number of nitrogens with zero attached hydrogens (tertiary/aromatic N) is 3. The standard InChI is InChI=1S/C13H21N3O2/c1-2-16-12(14-9-15-16)8-11(17)13(18)10-6-4-3-5-7-10/h9-10,13,18H,2-8H2,1H3. The maximum absolute atomic E-state index is 12.0. The van der Waals surface area contributed by atoms with Crippen LogP contribution in [0.15, 0.2) is 6.33 Å². The molecule has 0 radical (unpaired) electrons. The number of aromatic nitrogens is 3. The summed E-state index contributed by atoms with van der Waals surface area (Å²) in [7, 11) is 0. The Morgan fingerprint density at radius 3 is 2.89 bits per heavy atom. The van der Waals surface area contributed by atoms with E-state index in [1.54, 1.807) is 4.68 Å². The van der Waals surface area contributed by atoms with Gasteiger partial charge in [0.25, 0.3) is 0 Å². The molecule has 1 saturated carbocycles. The minimum atomic E-state index is -0.827. The number of carbonyl (C=O) groups excluding carboxylic acids is 1. The Kier molecular flexibility index (Phi) is 4.47. The summed E-state index contributed by atoms with van der Waals surface area (Å²) >= 11 is 0. The lowest BCUT2D eigenvalue weighted by atomic mass is 9.83. The van der Waals surface area contributed by atoms with Crippen LogP contribution in [0.2, 0.25) is 0 Å². The number of aliphatic hydroxyl groups excluding tert-OH is 1. The number of hydrogen-bond acceptors (Lipinski definition) is 4. The zero-order valence-electron chi connectivity index (χ0n) is 10.9. The lowest BCUT2D eigenvalue weighted by molar-refractivity contribution is -0.129. The van der Waals surface area contributed by atoms with Gasteiger partial charge in [-0.25, -0.2) is 9.67 Å². The Morgan fingerprint density at radius 2 is 2.22 bits per heavy atom. The number of Topliss-reactive ketones (excluding diaryl/α,β-unsaturated/α-hetero) is 1. The molecular weight excluding hydrogens is 230 g/mol. The molecule has 1 unspecified atom stereocenters. The molecule has 0 saturated heterocycles. The summed E-state index contributed by atoms with van der Waals surface area (Å²) in [6, 6.07) is 0. The molecule has 1 atom stereocenters. The minimum Gasteiger partial charge on any atom is -0.385 e. The summed E-state index contributed by atoms with van der Waals surface area (Å²) in [5.41, 5.74) is 0. The van der Waals surface area contributed by atoms with Crippen LogP contribution in [0.1, 0.15) is 44.9 Å². The second-order valence-electron chi connectivity index (χ2n) is 4.98. The van der Waals surface area contributed by atoms with Crippen LogP contribution in [-0.2, 0) is 17.8 Å². The van der Waals surface area contributed by atoms with Gasteiger partial charge in [0.2, 0.25) is 0 Å². The van der Waals surface area contributed by atoms with Crippen LogP contribution in [-0.4, -0.2) is 31.8 Å². The number of rotatable bonds is 5. The van der Waals surface area contributed by atoms with Crippen LogP contribution in [0.5, 0.6) is 0 Å². The van der Waals surface area contributed by atoms with Crippen LogP contribution < -0.4 is 0 Å². The van der Waals surface area contributed by atoms with Gasteiger partial charge in [-0.3, -0.25) is 4.79 Å². The maximum atomic E-state index is 12.0. The van der Waals surface area contributed by atoms with Crippen molar-refractivity contribution >= 4 is 5.78 Å². The third kappa shape index (κ3) is 2.96. The topological polar surface area (TPSA) is 68.0 Å². The highest BCUT2D eigenvalue weighted by Crippen LogP contribution is 2.27. The molecule has 0 aromatic carbocycles. The van der Waals surface area contributed by atoms with Crippen molar-refractivity contribution in [1.82, 2.24) is 14.8 Å². The molecule has 1 aromatic rings. The third-order valence-electron chi connectivity index (χ3n) is 3.75. The summed E-state index contributed by atoms with van der Waals surface area (Å²) in [5, 5.41) is 14.1. The Balaban J connectivity index is 1.94. The molecule has 1 aliphatic rings. The zero-order chi connectivity index (χ0) is 13.0. The van der Waals surface area contributed by atoms with Gasteiger partial charge < -0.3 is 5.11 Å². The van der Waals surface area contributed by atoms with Crippen LogP contribution in [0.25, 0.3) is 0 Å². The van der Waals surface area contributed by atoms with Crippen molar-refractivity contribution in [2.75, 3.05) is 0 Å². The van der Waals surface area contributed by atoms with Crippen molar-refractivity contribution in [3.8, 4) is 0 Å². The van der Waals surface area contributed by atoms with E-state index in [-0.39, 0.29) is 18.1 Å². The van der Waals surface area contributed by atoms with Crippen molar-refractivity contribution in [1.29, 1.82) is 0 Å². The van der Waals surface area contributed by atoms with Crippen molar-refractivity contribution in [3.05, 3.63) is 12.2 Å². The summed E-state index contributed by atoms with van der Waals surface area (Å²) in [5.74, 6) is 0.672. The second kappa shape index (κ2) is 6.09. The molecule has 2 rings (SSSR count). The van der Waals surface area contributed by atoms with Crippen LogP contribution >= 0.6 is 0 Å². The Labute approximate surface area is 107 Å². The Morgan fingerprint density at radius 1 is 1.50 bits per heavy atom. The molecule has 0 amide bonds. The van der Waals surface area contributed by atoms with Crippen LogP contribution in [0.3, 0.4) is 0 Å². The van der Waals surface area contributed by atoms with Gasteiger partial charge in [-0.05, 0) is 25.7 Å². The smallest absolute Gasteiger partial charge is 0.169 e. The Bertz CT molecular complexity index is 397. The van der Waals surface area contributed by atoms with Crippen molar-refractivity contribution < 1.29 is 9.90 Å². The van der Waals surface area contributed by atoms with E-state index in [0.717, 1.165) is 25.7 Å². The Hall–Kier alpha value is -1.23. The van der Waals surface area contributed by atoms with E-state index in [1.807, 2.05) is 6.92 Å². The van der Waals surface area contributed by atoms with E-state index >= 15 is 0 Å². The number of aliphatic hydroxyl groups is 1. The van der Waals surface area contributed by atoms with Gasteiger partial charge in [-0.1, -0.05) is 19.3 Å². The average Bonchev–Trinajstić information content (AvgIpc) is 2.86. The van der Waals surface area contributed by atoms with Crippen LogP contribution in [0, 0.1) is 5.92 Å². The average molecular weight is 251 g/mol. The fraction of sp³-hybridized carbons (Fsp3) is 0.769. The van der Waals surface area contributed by atoms with Gasteiger partial charge in [0.15, 0.2) is 5.78 Å². The molecule has 1 aromatic heterocycles. The predicted octanol–water partition coefficient (Wildman–Crippen LogP) is 1.35. The van der Waals surface area contributed by atoms with E-state index in [1.165, 1.54) is 12.7 Å². The van der Waals surface area contributed by atoms with Crippen LogP contribution in [0.4, 0.5) is 0 Å². The maximum Gasteiger partial charge on any atom is 0.169 e. The molecule has 1 fully saturated rings. The van der Waals surface area contributed by atoms with Crippen molar-refractivity contribution in [3.63, 3.8) is 0 Å². The first kappa shape index (κ1) is 13.2. The summed E-state index contributed by atoms with van der Waals surface area (Å²) in [4.78, 5) is 16.1. The molecule has 100 valence electrons. The predicted molar refractivity (Wildman–Crippen MR) is 67.0 cm³/mol. The molecule has 1 aliphatic carbocycles. The molecule has 0 aliphatic heterocycles. The van der Waals surface area contributed by atoms with Crippen molar-refractivity contribution in [2.45, 2.75) is 58.1 Å². The molecular formula is C13H21N3O2. The highest BCUT2D eigenvalue weighted by Gasteiger charge is 2.28. The van der Waals surface area contributed by atoms with Gasteiger partial charge in [0.1, 0.15) is 18.3 Å². The first-order valence-corrected chi connectivity index (χ1v) is 6.79. The summed E-state index contributed by atoms with van der Waals surface area (Å²) < 4.78 is 1.70. The van der Waals surface area contributed by atoms with Gasteiger partial charge in [-0.2, -0.15) is 5.10 Å². The van der Waals surface area contributed by atoms with Gasteiger partial charge in [0.05, 0.1) is 6.42 Å². The molecule has 1 heterocycles. The largest absolute Gasteiger partial charge is 0.385 e. The molecule has 0 bridgehead atoms. The summed E-state index contributed by atoms with van der Waals surface area (Å²) in [6.45, 7) is 2.66. The zero-order valence-corrected chi connectivity index (χ0v) is 10.9. The fourth-order valence-corrected chi connectivity index (χ4v) is 2.66. The lowest BCUT2D eigenvalue weighted by Crippen LogP contribution is -2.32. The van der Waals surface area contributed by atoms with E-state index in [0.29, 0.717) is 12.4 Å². The van der Waals surface area contributed by atoms with Gasteiger partial charge in [0, 0.05) is 6.54 Å². The van der Waals surface area contributed by atoms with E-state index < -0.39 is 6.10 Å². The van der Waals surface area contributed by atoms with E-state index in [4.69, 9.17) is 0 Å². The fourth-order valence-electron chi connectivity index (χ4n) is 2.66. The molecule has 1 N–H and O–H groups in total. The first-order valence-electron chi connectivity index (χ1n) is 6.79. The monoisotopic (exact) mass is 251 g/mol. The first-order chi connectivity index (χ1) is 8.72. The summed E-state index contributed by atoms with van der Waals surface area (Å²) in [6.07, 6.45) is 6.22. The quantitative estimate of drug-likeness (QED) is 0.857. The number of aryl methyl sites for hydroxylation is 1. The second-order valence-corrected chi connectivity index (χ2v) is 4.98. The van der Waals surface area contributed by atoms with Gasteiger partial charge in [-0.15, -0.1) is 0 Å². The van der Waals surface area contributed by atoms with Gasteiger partial charge >= 0.3 is 0 Å². The third-order valence-corrected chi connectivity index (χ3v) is 3.75. The minimum absolute atomic E-state index is 0.121. The SMILES string of the molecule is CCn1ncnc1CC(=O)C(O)C1CCCCC1. The molecule has 18 heavy (non-hydrogen) atoms. The highest BCUT2D eigenvalue weighted by molar-refractivity contribution is 5.84. The molecule has 0 spiro atoms. The van der Waals surface area contributed by atoms with E-state index in [2.05, 4.69) is 10.1 Å². The lowest BCUT2D eigenvalue weighted by Gasteiger charge is -2.25. The number of hydrogen-bond donors (Lipinski definition) is 1. The van der Waals surface area contributed by atoms with E-state index in [9.17, 15) is 9.90 Å². The molecule has 5 nitrogen and oxygen atoms in total. The normalized spacial score (nSPS) is 18.8.